The van der Waals surface area contributed by atoms with Crippen molar-refractivity contribution in [3.8, 4) is 11.6 Å². The molecule has 0 bridgehead atoms. The number of carbonyl (C=O) groups excluding carboxylic acids is 1. The SMILES string of the molecule is COC(=O)c1ccnc(OCCOc2ccccc2)c1N. The molecule has 0 spiro atoms. The molecule has 6 nitrogen and oxygen atoms in total. The number of ether oxygens (including phenoxy) is 3. The molecule has 110 valence electrons. The van der Waals surface area contributed by atoms with Gasteiger partial charge < -0.3 is 19.9 Å². The summed E-state index contributed by atoms with van der Waals surface area (Å²) in [5.41, 5.74) is 6.21. The van der Waals surface area contributed by atoms with Gasteiger partial charge in [0.2, 0.25) is 5.88 Å². The van der Waals surface area contributed by atoms with Gasteiger partial charge in [0.1, 0.15) is 24.7 Å². The van der Waals surface area contributed by atoms with Crippen LogP contribution in [-0.4, -0.2) is 31.3 Å². The summed E-state index contributed by atoms with van der Waals surface area (Å²) in [6, 6.07) is 10.9. The molecule has 0 radical (unpaired) electrons. The lowest BCUT2D eigenvalue weighted by molar-refractivity contribution is 0.0601. The number of esters is 1. The van der Waals surface area contributed by atoms with E-state index < -0.39 is 5.97 Å². The van der Waals surface area contributed by atoms with Gasteiger partial charge >= 0.3 is 5.97 Å². The number of aromatic nitrogens is 1. The van der Waals surface area contributed by atoms with Gasteiger partial charge in [-0.3, -0.25) is 0 Å². The Balaban J connectivity index is 1.90. The van der Waals surface area contributed by atoms with Crippen molar-refractivity contribution in [2.45, 2.75) is 0 Å². The van der Waals surface area contributed by atoms with Crippen LogP contribution in [0.3, 0.4) is 0 Å². The number of carbonyl (C=O) groups is 1. The molecule has 0 unspecified atom stereocenters. The highest BCUT2D eigenvalue weighted by Crippen LogP contribution is 2.22. The molecule has 0 saturated heterocycles. The van der Waals surface area contributed by atoms with Crippen LogP contribution in [0.15, 0.2) is 42.6 Å². The number of nitrogen functional groups attached to an aromatic ring is 1. The molecule has 2 rings (SSSR count). The molecule has 0 atom stereocenters. The van der Waals surface area contributed by atoms with Crippen LogP contribution in [0.5, 0.6) is 11.6 Å². The van der Waals surface area contributed by atoms with Crippen LogP contribution in [0.25, 0.3) is 0 Å². The Morgan fingerprint density at radius 1 is 1.14 bits per heavy atom. The fourth-order valence-electron chi connectivity index (χ4n) is 1.67. The highest BCUT2D eigenvalue weighted by Gasteiger charge is 2.14. The van der Waals surface area contributed by atoms with Gasteiger partial charge in [0.25, 0.3) is 0 Å². The number of nitrogens with zero attached hydrogens (tertiary/aromatic N) is 1. The van der Waals surface area contributed by atoms with Crippen molar-refractivity contribution in [1.82, 2.24) is 4.98 Å². The summed E-state index contributed by atoms with van der Waals surface area (Å²) < 4.78 is 15.5. The second-order valence-electron chi connectivity index (χ2n) is 4.08. The number of methoxy groups -OCH3 is 1. The van der Waals surface area contributed by atoms with Gasteiger partial charge in [0, 0.05) is 6.20 Å². The average Bonchev–Trinajstić information content (AvgIpc) is 2.53. The van der Waals surface area contributed by atoms with Crippen LogP contribution in [0.1, 0.15) is 10.4 Å². The first kappa shape index (κ1) is 14.6. The molecule has 2 aromatic rings. The Morgan fingerprint density at radius 2 is 1.86 bits per heavy atom. The third-order valence-corrected chi connectivity index (χ3v) is 2.69. The van der Waals surface area contributed by atoms with E-state index >= 15 is 0 Å². The molecule has 0 fully saturated rings. The van der Waals surface area contributed by atoms with Gasteiger partial charge in [-0.15, -0.1) is 0 Å². The number of para-hydroxylation sites is 1. The molecule has 0 aliphatic heterocycles. The number of hydrogen-bond donors (Lipinski definition) is 1. The van der Waals surface area contributed by atoms with Gasteiger partial charge in [-0.2, -0.15) is 0 Å². The van der Waals surface area contributed by atoms with E-state index in [1.54, 1.807) is 0 Å². The maximum absolute atomic E-state index is 11.5. The molecule has 0 aliphatic carbocycles. The quantitative estimate of drug-likeness (QED) is 0.645. The van der Waals surface area contributed by atoms with Crippen LogP contribution in [0.4, 0.5) is 5.69 Å². The van der Waals surface area contributed by atoms with Crippen LogP contribution in [0, 0.1) is 0 Å². The Labute approximate surface area is 122 Å². The lowest BCUT2D eigenvalue weighted by Crippen LogP contribution is -2.13. The molecule has 0 aliphatic rings. The van der Waals surface area contributed by atoms with E-state index in [4.69, 9.17) is 15.2 Å². The van der Waals surface area contributed by atoms with Crippen molar-refractivity contribution < 1.29 is 19.0 Å². The summed E-state index contributed by atoms with van der Waals surface area (Å²) in [5, 5.41) is 0. The maximum atomic E-state index is 11.5. The van der Waals surface area contributed by atoms with Gasteiger partial charge in [0.15, 0.2) is 0 Å². The Morgan fingerprint density at radius 3 is 2.57 bits per heavy atom. The second kappa shape index (κ2) is 7.14. The van der Waals surface area contributed by atoms with Crippen molar-refractivity contribution >= 4 is 11.7 Å². The van der Waals surface area contributed by atoms with Crippen LogP contribution >= 0.6 is 0 Å². The standard InChI is InChI=1S/C15H16N2O4/c1-19-15(18)12-7-8-17-14(13(12)16)21-10-9-20-11-5-3-2-4-6-11/h2-8H,9-10,16H2,1H3. The molecular formula is C15H16N2O4. The third-order valence-electron chi connectivity index (χ3n) is 2.69. The average molecular weight is 288 g/mol. The highest BCUT2D eigenvalue weighted by atomic mass is 16.5. The molecule has 1 aromatic carbocycles. The van der Waals surface area contributed by atoms with E-state index in [1.807, 2.05) is 30.3 Å². The lowest BCUT2D eigenvalue weighted by atomic mass is 10.2. The molecular weight excluding hydrogens is 272 g/mol. The third kappa shape index (κ3) is 3.85. The summed E-state index contributed by atoms with van der Waals surface area (Å²) >= 11 is 0. The summed E-state index contributed by atoms with van der Waals surface area (Å²) in [6.07, 6.45) is 1.44. The Bertz CT molecular complexity index is 602. The van der Waals surface area contributed by atoms with Crippen molar-refractivity contribution in [1.29, 1.82) is 0 Å². The zero-order valence-corrected chi connectivity index (χ0v) is 11.6. The maximum Gasteiger partial charge on any atom is 0.340 e. The topological polar surface area (TPSA) is 83.7 Å². The van der Waals surface area contributed by atoms with Crippen molar-refractivity contribution in [2.24, 2.45) is 0 Å². The molecule has 0 amide bonds. The molecule has 2 N–H and O–H groups in total. The molecule has 1 aromatic heterocycles. The van der Waals surface area contributed by atoms with Gasteiger partial charge in [-0.1, -0.05) is 18.2 Å². The minimum absolute atomic E-state index is 0.157. The Hall–Kier alpha value is -2.76. The first-order valence-electron chi connectivity index (χ1n) is 6.36. The first-order chi connectivity index (χ1) is 10.2. The first-order valence-corrected chi connectivity index (χ1v) is 6.36. The van der Waals surface area contributed by atoms with E-state index in [1.165, 1.54) is 19.4 Å². The van der Waals surface area contributed by atoms with Gasteiger partial charge in [-0.05, 0) is 18.2 Å². The zero-order valence-electron chi connectivity index (χ0n) is 11.6. The van der Waals surface area contributed by atoms with Gasteiger partial charge in [0.05, 0.1) is 12.7 Å². The largest absolute Gasteiger partial charge is 0.490 e. The van der Waals surface area contributed by atoms with Crippen molar-refractivity contribution in [3.05, 3.63) is 48.2 Å². The highest BCUT2D eigenvalue weighted by molar-refractivity contribution is 5.95. The van der Waals surface area contributed by atoms with E-state index in [9.17, 15) is 4.79 Å². The number of nitrogens with two attached hydrogens (primary N) is 1. The summed E-state index contributed by atoms with van der Waals surface area (Å²) in [4.78, 5) is 15.5. The lowest BCUT2D eigenvalue weighted by Gasteiger charge is -2.10. The zero-order chi connectivity index (χ0) is 15.1. The smallest absolute Gasteiger partial charge is 0.340 e. The van der Waals surface area contributed by atoms with E-state index in [-0.39, 0.29) is 23.7 Å². The van der Waals surface area contributed by atoms with E-state index in [0.717, 1.165) is 5.75 Å². The minimum Gasteiger partial charge on any atom is -0.490 e. The normalized spacial score (nSPS) is 9.95. The van der Waals surface area contributed by atoms with Crippen molar-refractivity contribution in [3.63, 3.8) is 0 Å². The fraction of sp³-hybridized carbons (Fsp3) is 0.200. The van der Waals surface area contributed by atoms with Crippen LogP contribution in [0.2, 0.25) is 0 Å². The molecule has 1 heterocycles. The number of rotatable bonds is 6. The molecule has 6 heteroatoms. The van der Waals surface area contributed by atoms with E-state index in [0.29, 0.717) is 6.61 Å². The number of benzene rings is 1. The molecule has 21 heavy (non-hydrogen) atoms. The fourth-order valence-corrected chi connectivity index (χ4v) is 1.67. The number of pyridine rings is 1. The van der Waals surface area contributed by atoms with Gasteiger partial charge in [-0.25, -0.2) is 9.78 Å². The monoisotopic (exact) mass is 288 g/mol. The minimum atomic E-state index is -0.528. The summed E-state index contributed by atoms with van der Waals surface area (Å²) in [7, 11) is 1.29. The van der Waals surface area contributed by atoms with Crippen LogP contribution < -0.4 is 15.2 Å². The van der Waals surface area contributed by atoms with Crippen molar-refractivity contribution in [2.75, 3.05) is 26.1 Å². The van der Waals surface area contributed by atoms with E-state index in [2.05, 4.69) is 9.72 Å². The second-order valence-corrected chi connectivity index (χ2v) is 4.08. The molecule has 0 saturated carbocycles. The summed E-state index contributed by atoms with van der Waals surface area (Å²) in [6.45, 7) is 0.601. The Kier molecular flexibility index (Phi) is 4.98. The predicted molar refractivity (Wildman–Crippen MR) is 77.4 cm³/mol. The summed E-state index contributed by atoms with van der Waals surface area (Å²) in [5.74, 6) is 0.417. The van der Waals surface area contributed by atoms with Crippen LogP contribution in [-0.2, 0) is 4.74 Å². The number of hydrogen-bond acceptors (Lipinski definition) is 6. The predicted octanol–water partition coefficient (Wildman–Crippen LogP) is 1.91. The number of anilines is 1.